The normalized spacial score (nSPS) is 21.7. The van der Waals surface area contributed by atoms with E-state index in [0.717, 1.165) is 30.5 Å². The van der Waals surface area contributed by atoms with E-state index in [1.54, 1.807) is 0 Å². The van der Waals surface area contributed by atoms with Crippen LogP contribution < -0.4 is 4.90 Å². The number of para-hydroxylation sites is 1. The molecule has 1 N–H and O–H groups in total. The Bertz CT molecular complexity index is 1000. The maximum absolute atomic E-state index is 13.6. The van der Waals surface area contributed by atoms with Crippen molar-refractivity contribution in [2.24, 2.45) is 5.92 Å². The van der Waals surface area contributed by atoms with Crippen LogP contribution in [0.3, 0.4) is 0 Å². The topological polar surface area (TPSA) is 77.9 Å². The van der Waals surface area contributed by atoms with Crippen molar-refractivity contribution in [2.75, 3.05) is 4.90 Å². The van der Waals surface area contributed by atoms with Crippen LogP contribution in [0.25, 0.3) is 0 Å². The highest BCUT2D eigenvalue weighted by atomic mass is 16.4. The van der Waals surface area contributed by atoms with Crippen molar-refractivity contribution >= 4 is 23.5 Å². The number of anilines is 1. The summed E-state index contributed by atoms with van der Waals surface area (Å²) in [5.74, 6) is -1.00. The van der Waals surface area contributed by atoms with Gasteiger partial charge in [0, 0.05) is 35.7 Å². The van der Waals surface area contributed by atoms with E-state index < -0.39 is 5.97 Å². The zero-order valence-electron chi connectivity index (χ0n) is 18.6. The summed E-state index contributed by atoms with van der Waals surface area (Å²) in [6, 6.07) is 17.0. The molecular formula is C26H30N2O4. The molecule has 0 radical (unpaired) electrons. The zero-order chi connectivity index (χ0) is 22.8. The van der Waals surface area contributed by atoms with Crippen LogP contribution >= 0.6 is 0 Å². The van der Waals surface area contributed by atoms with Gasteiger partial charge in [0.2, 0.25) is 5.91 Å². The summed E-state index contributed by atoms with van der Waals surface area (Å²) in [5.41, 5.74) is 2.48. The molecule has 2 aromatic carbocycles. The lowest BCUT2D eigenvalue weighted by atomic mass is 9.80. The quantitative estimate of drug-likeness (QED) is 0.717. The number of hydrogen-bond donors (Lipinski definition) is 1. The van der Waals surface area contributed by atoms with Gasteiger partial charge in [0.25, 0.3) is 5.91 Å². The third-order valence-electron chi connectivity index (χ3n) is 6.72. The first-order chi connectivity index (χ1) is 15.4. The summed E-state index contributed by atoms with van der Waals surface area (Å²) in [6.07, 6.45) is 2.62. The van der Waals surface area contributed by atoms with E-state index in [4.69, 9.17) is 5.11 Å². The van der Waals surface area contributed by atoms with Crippen LogP contribution in [0.2, 0.25) is 0 Å². The molecule has 6 nitrogen and oxygen atoms in total. The lowest BCUT2D eigenvalue weighted by molar-refractivity contribution is -0.143. The number of aliphatic carboxylic acids is 1. The first-order valence-corrected chi connectivity index (χ1v) is 11.4. The molecule has 3 atom stereocenters. The summed E-state index contributed by atoms with van der Waals surface area (Å²) >= 11 is 0. The Morgan fingerprint density at radius 3 is 2.38 bits per heavy atom. The second-order valence-electron chi connectivity index (χ2n) is 9.00. The molecule has 0 spiro atoms. The van der Waals surface area contributed by atoms with Gasteiger partial charge >= 0.3 is 5.97 Å². The van der Waals surface area contributed by atoms with Gasteiger partial charge < -0.3 is 14.9 Å². The zero-order valence-corrected chi connectivity index (χ0v) is 18.6. The summed E-state index contributed by atoms with van der Waals surface area (Å²) in [6.45, 7) is 3.96. The van der Waals surface area contributed by atoms with Crippen molar-refractivity contribution in [1.29, 1.82) is 0 Å². The molecule has 2 aromatic rings. The largest absolute Gasteiger partial charge is 0.481 e. The molecule has 2 aliphatic rings. The maximum atomic E-state index is 13.6. The molecule has 0 bridgehead atoms. The molecule has 4 rings (SSSR count). The summed E-state index contributed by atoms with van der Waals surface area (Å²) in [5, 5.41) is 9.09. The molecule has 3 unspecified atom stereocenters. The first-order valence-electron chi connectivity index (χ1n) is 11.4. The van der Waals surface area contributed by atoms with Crippen LogP contribution in [-0.2, 0) is 9.59 Å². The van der Waals surface area contributed by atoms with E-state index in [0.29, 0.717) is 5.56 Å². The van der Waals surface area contributed by atoms with Crippen LogP contribution in [-0.4, -0.2) is 39.9 Å². The number of nitrogens with zero attached hydrogens (tertiary/aromatic N) is 2. The molecule has 168 valence electrons. The molecule has 1 heterocycles. The third kappa shape index (κ3) is 4.01. The fourth-order valence-corrected chi connectivity index (χ4v) is 5.47. The molecule has 2 amide bonds. The Kier molecular flexibility index (Phi) is 6.31. The average Bonchev–Trinajstić information content (AvgIpc) is 3.26. The van der Waals surface area contributed by atoms with Crippen LogP contribution in [0.5, 0.6) is 0 Å². The van der Waals surface area contributed by atoms with E-state index in [-0.39, 0.29) is 48.7 Å². The van der Waals surface area contributed by atoms with E-state index >= 15 is 0 Å². The van der Waals surface area contributed by atoms with E-state index in [9.17, 15) is 14.4 Å². The van der Waals surface area contributed by atoms with Gasteiger partial charge in [-0.2, -0.15) is 0 Å². The van der Waals surface area contributed by atoms with Crippen LogP contribution in [0, 0.1) is 5.92 Å². The fourth-order valence-electron chi connectivity index (χ4n) is 5.47. The molecule has 1 aliphatic carbocycles. The monoisotopic (exact) mass is 434 g/mol. The highest BCUT2D eigenvalue weighted by molar-refractivity contribution is 6.07. The van der Waals surface area contributed by atoms with Crippen molar-refractivity contribution in [3.63, 3.8) is 0 Å². The highest BCUT2D eigenvalue weighted by Gasteiger charge is 2.49. The van der Waals surface area contributed by atoms with Crippen molar-refractivity contribution in [3.05, 3.63) is 65.7 Å². The minimum absolute atomic E-state index is 0.0103. The molecule has 0 aromatic heterocycles. The minimum Gasteiger partial charge on any atom is -0.481 e. The van der Waals surface area contributed by atoms with Gasteiger partial charge in [-0.25, -0.2) is 0 Å². The average molecular weight is 435 g/mol. The highest BCUT2D eigenvalue weighted by Crippen LogP contribution is 2.51. The van der Waals surface area contributed by atoms with Gasteiger partial charge in [0.1, 0.15) is 0 Å². The van der Waals surface area contributed by atoms with Gasteiger partial charge in [-0.05, 0) is 50.5 Å². The number of carboxylic acid groups (broad SMARTS) is 1. The van der Waals surface area contributed by atoms with E-state index in [1.807, 2.05) is 78.2 Å². The molecule has 0 saturated heterocycles. The Labute approximate surface area is 188 Å². The molecular weight excluding hydrogens is 404 g/mol. The van der Waals surface area contributed by atoms with Gasteiger partial charge in [-0.3, -0.25) is 14.4 Å². The first kappa shape index (κ1) is 22.1. The molecule has 6 heteroatoms. The van der Waals surface area contributed by atoms with E-state index in [2.05, 4.69) is 0 Å². The molecule has 1 saturated carbocycles. The number of fused-ring (bicyclic) bond motifs is 2. The summed E-state index contributed by atoms with van der Waals surface area (Å²) < 4.78 is 0. The predicted octanol–water partition coefficient (Wildman–Crippen LogP) is 4.66. The predicted molar refractivity (Wildman–Crippen MR) is 122 cm³/mol. The molecule has 32 heavy (non-hydrogen) atoms. The third-order valence-corrected chi connectivity index (χ3v) is 6.72. The minimum atomic E-state index is -0.968. The number of benzene rings is 2. The van der Waals surface area contributed by atoms with Crippen molar-refractivity contribution in [3.8, 4) is 0 Å². The van der Waals surface area contributed by atoms with Gasteiger partial charge in [0.15, 0.2) is 0 Å². The fraction of sp³-hybridized carbons (Fsp3) is 0.423. The number of amides is 2. The Morgan fingerprint density at radius 2 is 1.69 bits per heavy atom. The number of carbonyl (C=O) groups excluding carboxylic acids is 2. The second kappa shape index (κ2) is 9.15. The number of carboxylic acids is 1. The molecule has 1 aliphatic heterocycles. The van der Waals surface area contributed by atoms with Gasteiger partial charge in [-0.15, -0.1) is 0 Å². The molecule has 1 fully saturated rings. The number of carbonyl (C=O) groups is 3. The maximum Gasteiger partial charge on any atom is 0.303 e. The van der Waals surface area contributed by atoms with Crippen molar-refractivity contribution < 1.29 is 19.5 Å². The Morgan fingerprint density at radius 1 is 1.00 bits per heavy atom. The van der Waals surface area contributed by atoms with Crippen LogP contribution in [0.4, 0.5) is 5.69 Å². The standard InChI is InChI=1S/C26H30N2O4/c1-17(2)27(23(29)15-16-24(30)31)25-19-11-6-7-13-21(19)28(22-14-8-12-20(22)25)26(32)18-9-4-3-5-10-18/h3-7,9-11,13,17,20,22,25H,8,12,14-16H2,1-2H3,(H,30,31). The van der Waals surface area contributed by atoms with Gasteiger partial charge in [-0.1, -0.05) is 42.8 Å². The number of rotatable bonds is 6. The van der Waals surface area contributed by atoms with Crippen LogP contribution in [0.15, 0.2) is 54.6 Å². The smallest absolute Gasteiger partial charge is 0.303 e. The Balaban J connectivity index is 1.78. The Hall–Kier alpha value is -3.15. The second-order valence-corrected chi connectivity index (χ2v) is 9.00. The summed E-state index contributed by atoms with van der Waals surface area (Å²) in [4.78, 5) is 41.7. The van der Waals surface area contributed by atoms with E-state index in [1.165, 1.54) is 0 Å². The van der Waals surface area contributed by atoms with Gasteiger partial charge in [0.05, 0.1) is 12.5 Å². The lowest BCUT2D eigenvalue weighted by Gasteiger charge is -2.48. The van der Waals surface area contributed by atoms with Crippen molar-refractivity contribution in [1.82, 2.24) is 4.90 Å². The van der Waals surface area contributed by atoms with Crippen molar-refractivity contribution in [2.45, 2.75) is 64.1 Å². The van der Waals surface area contributed by atoms with Crippen LogP contribution in [0.1, 0.15) is 67.9 Å². The number of hydrogen-bond acceptors (Lipinski definition) is 3. The SMILES string of the molecule is CC(C)N(C(=O)CCC(=O)O)C1c2ccccc2N(C(=O)c2ccccc2)C2CCCC21. The summed E-state index contributed by atoms with van der Waals surface area (Å²) in [7, 11) is 0. The lowest BCUT2D eigenvalue weighted by Crippen LogP contribution is -2.53.